The third-order valence-electron chi connectivity index (χ3n) is 4.06. The monoisotopic (exact) mass is 347 g/mol. The maximum Gasteiger partial charge on any atom is 0.127 e. The van der Waals surface area contributed by atoms with Crippen molar-refractivity contribution < 1.29 is 4.74 Å². The molecule has 0 saturated heterocycles. The third kappa shape index (κ3) is 3.14. The number of benzene rings is 2. The number of ether oxygens (including phenoxy) is 1. The van der Waals surface area contributed by atoms with Crippen LogP contribution in [0.2, 0.25) is 0 Å². The molecule has 2 aromatic carbocycles. The Kier molecular flexibility index (Phi) is 5.07. The number of halogens is 1. The van der Waals surface area contributed by atoms with Crippen molar-refractivity contribution in [1.82, 2.24) is 5.32 Å². The van der Waals surface area contributed by atoms with Gasteiger partial charge in [0.25, 0.3) is 0 Å². The van der Waals surface area contributed by atoms with Gasteiger partial charge in [-0.3, -0.25) is 0 Å². The predicted molar refractivity (Wildman–Crippen MR) is 92.2 cm³/mol. The zero-order valence-electron chi connectivity index (χ0n) is 13.3. The quantitative estimate of drug-likeness (QED) is 0.865. The van der Waals surface area contributed by atoms with Gasteiger partial charge < -0.3 is 10.1 Å². The Labute approximate surface area is 135 Å². The van der Waals surface area contributed by atoms with Gasteiger partial charge in [0.05, 0.1) is 13.2 Å². The molecule has 1 atom stereocenters. The van der Waals surface area contributed by atoms with E-state index in [0.29, 0.717) is 0 Å². The van der Waals surface area contributed by atoms with E-state index >= 15 is 0 Å². The molecule has 1 N–H and O–H groups in total. The largest absolute Gasteiger partial charge is 0.496 e. The molecule has 1 unspecified atom stereocenters. The lowest BCUT2D eigenvalue weighted by Crippen LogP contribution is -2.20. The van der Waals surface area contributed by atoms with Crippen molar-refractivity contribution in [2.45, 2.75) is 26.8 Å². The second-order valence-corrected chi connectivity index (χ2v) is 6.27. The number of aryl methyl sites for hydroxylation is 2. The zero-order chi connectivity index (χ0) is 15.6. The fourth-order valence-corrected chi connectivity index (χ4v) is 3.09. The van der Waals surface area contributed by atoms with Crippen molar-refractivity contribution in [2.24, 2.45) is 0 Å². The highest BCUT2D eigenvalue weighted by molar-refractivity contribution is 9.10. The van der Waals surface area contributed by atoms with Crippen LogP contribution >= 0.6 is 15.9 Å². The van der Waals surface area contributed by atoms with E-state index in [4.69, 9.17) is 4.74 Å². The van der Waals surface area contributed by atoms with Crippen molar-refractivity contribution in [3.63, 3.8) is 0 Å². The van der Waals surface area contributed by atoms with Crippen LogP contribution in [0.3, 0.4) is 0 Å². The molecule has 2 rings (SSSR count). The second-order valence-electron chi connectivity index (χ2n) is 5.35. The Hall–Kier alpha value is -1.32. The van der Waals surface area contributed by atoms with Crippen LogP contribution in [0, 0.1) is 20.8 Å². The van der Waals surface area contributed by atoms with Gasteiger partial charge in [-0.15, -0.1) is 0 Å². The smallest absolute Gasteiger partial charge is 0.127 e. The maximum absolute atomic E-state index is 5.68. The summed E-state index contributed by atoms with van der Waals surface area (Å²) in [5.41, 5.74) is 6.13. The summed E-state index contributed by atoms with van der Waals surface area (Å²) in [5.74, 6) is 0.966. The van der Waals surface area contributed by atoms with Gasteiger partial charge in [0.2, 0.25) is 0 Å². The minimum absolute atomic E-state index is 0.108. The first-order valence-corrected chi connectivity index (χ1v) is 7.86. The number of methoxy groups -OCH3 is 1. The maximum atomic E-state index is 5.68. The Morgan fingerprint density at radius 3 is 2.29 bits per heavy atom. The molecule has 0 bridgehead atoms. The standard InChI is InChI=1S/C18H22BrNO/c1-11-7-9-15(18(21-5)13(11)3)17(20-4)16-10-14(19)8-6-12(16)2/h6-10,17,20H,1-5H3. The van der Waals surface area contributed by atoms with Crippen molar-refractivity contribution in [2.75, 3.05) is 14.2 Å². The number of hydrogen-bond acceptors (Lipinski definition) is 2. The molecule has 3 heteroatoms. The van der Waals surface area contributed by atoms with Gasteiger partial charge in [0.1, 0.15) is 5.75 Å². The average molecular weight is 348 g/mol. The van der Waals surface area contributed by atoms with Crippen LogP contribution in [-0.2, 0) is 0 Å². The molecule has 0 aliphatic rings. The summed E-state index contributed by atoms with van der Waals surface area (Å²) in [7, 11) is 3.73. The molecule has 0 spiro atoms. The molecule has 2 nitrogen and oxygen atoms in total. The molecule has 21 heavy (non-hydrogen) atoms. The molecule has 0 aliphatic carbocycles. The third-order valence-corrected chi connectivity index (χ3v) is 4.56. The highest BCUT2D eigenvalue weighted by atomic mass is 79.9. The first-order valence-electron chi connectivity index (χ1n) is 7.07. The lowest BCUT2D eigenvalue weighted by Gasteiger charge is -2.23. The van der Waals surface area contributed by atoms with Gasteiger partial charge in [-0.2, -0.15) is 0 Å². The molecule has 112 valence electrons. The summed E-state index contributed by atoms with van der Waals surface area (Å²) in [6.45, 7) is 6.36. The fourth-order valence-electron chi connectivity index (χ4n) is 2.71. The number of nitrogens with one attached hydrogen (secondary N) is 1. The average Bonchev–Trinajstić information content (AvgIpc) is 2.47. The minimum Gasteiger partial charge on any atom is -0.496 e. The van der Waals surface area contributed by atoms with Gasteiger partial charge in [-0.1, -0.05) is 34.1 Å². The first-order chi connectivity index (χ1) is 9.99. The van der Waals surface area contributed by atoms with Gasteiger partial charge in [0, 0.05) is 10.0 Å². The van der Waals surface area contributed by atoms with E-state index in [-0.39, 0.29) is 6.04 Å². The van der Waals surface area contributed by atoms with Crippen molar-refractivity contribution in [3.8, 4) is 5.75 Å². The highest BCUT2D eigenvalue weighted by Crippen LogP contribution is 2.35. The van der Waals surface area contributed by atoms with E-state index < -0.39 is 0 Å². The summed E-state index contributed by atoms with van der Waals surface area (Å²) in [5, 5.41) is 3.42. The van der Waals surface area contributed by atoms with Gasteiger partial charge in [-0.25, -0.2) is 0 Å². The summed E-state index contributed by atoms with van der Waals surface area (Å²) in [4.78, 5) is 0. The van der Waals surface area contributed by atoms with Crippen molar-refractivity contribution in [1.29, 1.82) is 0 Å². The van der Waals surface area contributed by atoms with E-state index in [2.05, 4.69) is 72.3 Å². The minimum atomic E-state index is 0.108. The first kappa shape index (κ1) is 16.1. The SMILES string of the molecule is CNC(c1cc(Br)ccc1C)c1ccc(C)c(C)c1OC. The number of hydrogen-bond donors (Lipinski definition) is 1. The lowest BCUT2D eigenvalue weighted by molar-refractivity contribution is 0.402. The van der Waals surface area contributed by atoms with Crippen LogP contribution < -0.4 is 10.1 Å². The molecule has 2 aromatic rings. The molecule has 0 fully saturated rings. The van der Waals surface area contributed by atoms with E-state index in [1.54, 1.807) is 7.11 Å². The van der Waals surface area contributed by atoms with Gasteiger partial charge in [0.15, 0.2) is 0 Å². The van der Waals surface area contributed by atoms with Crippen LogP contribution in [0.4, 0.5) is 0 Å². The zero-order valence-corrected chi connectivity index (χ0v) is 14.8. The van der Waals surface area contributed by atoms with Crippen LogP contribution in [0.15, 0.2) is 34.8 Å². The van der Waals surface area contributed by atoms with E-state index in [0.717, 1.165) is 10.2 Å². The van der Waals surface area contributed by atoms with E-state index in [1.165, 1.54) is 27.8 Å². The Morgan fingerprint density at radius 2 is 1.67 bits per heavy atom. The number of rotatable bonds is 4. The van der Waals surface area contributed by atoms with Gasteiger partial charge >= 0.3 is 0 Å². The summed E-state index contributed by atoms with van der Waals surface area (Å²) in [6, 6.07) is 10.8. The molecular weight excluding hydrogens is 326 g/mol. The summed E-state index contributed by atoms with van der Waals surface area (Å²) < 4.78 is 6.77. The predicted octanol–water partition coefficient (Wildman–Crippen LogP) is 4.69. The summed E-state index contributed by atoms with van der Waals surface area (Å²) >= 11 is 3.57. The van der Waals surface area contributed by atoms with Crippen LogP contribution in [0.5, 0.6) is 5.75 Å². The van der Waals surface area contributed by atoms with Gasteiger partial charge in [-0.05, 0) is 62.2 Å². The lowest BCUT2D eigenvalue weighted by atomic mass is 9.92. The fraction of sp³-hybridized carbons (Fsp3) is 0.333. The molecular formula is C18H22BrNO. The molecule has 0 radical (unpaired) electrons. The van der Waals surface area contributed by atoms with Crippen LogP contribution in [0.1, 0.15) is 33.9 Å². The Morgan fingerprint density at radius 1 is 1.00 bits per heavy atom. The Balaban J connectivity index is 2.62. The topological polar surface area (TPSA) is 21.3 Å². The van der Waals surface area contributed by atoms with Crippen molar-refractivity contribution in [3.05, 3.63) is 62.6 Å². The highest BCUT2D eigenvalue weighted by Gasteiger charge is 2.20. The second kappa shape index (κ2) is 6.63. The molecule has 0 amide bonds. The molecule has 0 aliphatic heterocycles. The van der Waals surface area contributed by atoms with Crippen molar-refractivity contribution >= 4 is 15.9 Å². The van der Waals surface area contributed by atoms with Crippen LogP contribution in [-0.4, -0.2) is 14.2 Å². The summed E-state index contributed by atoms with van der Waals surface area (Å²) in [6.07, 6.45) is 0. The van der Waals surface area contributed by atoms with E-state index in [1.807, 2.05) is 7.05 Å². The Bertz CT molecular complexity index is 652. The molecule has 0 saturated carbocycles. The molecule has 0 aromatic heterocycles. The normalized spacial score (nSPS) is 12.3. The van der Waals surface area contributed by atoms with E-state index in [9.17, 15) is 0 Å². The van der Waals surface area contributed by atoms with Crippen LogP contribution in [0.25, 0.3) is 0 Å². The molecule has 0 heterocycles.